The van der Waals surface area contributed by atoms with Crippen LogP contribution in [0.5, 0.6) is 0 Å². The van der Waals surface area contributed by atoms with E-state index in [-0.39, 0.29) is 21.4 Å². The number of carbonyl (C=O) groups is 3. The summed E-state index contributed by atoms with van der Waals surface area (Å²) in [5.41, 5.74) is -0.272. The molecule has 4 aliphatic carbocycles. The van der Waals surface area contributed by atoms with Gasteiger partial charge in [-0.2, -0.15) is 0 Å². The molecular formula is C18H28O7Pb. The zero-order chi connectivity index (χ0) is 19.1. The quantitative estimate of drug-likeness (QED) is 0.495. The van der Waals surface area contributed by atoms with Gasteiger partial charge in [0.1, 0.15) is 0 Å². The van der Waals surface area contributed by atoms with Gasteiger partial charge >= 0.3 is 161 Å². The second kappa shape index (κ2) is 7.37. The van der Waals surface area contributed by atoms with E-state index in [1.807, 2.05) is 0 Å². The summed E-state index contributed by atoms with van der Waals surface area (Å²) in [4.78, 5) is 35.8. The fourth-order valence-electron chi connectivity index (χ4n) is 6.31. The molecule has 26 heavy (non-hydrogen) atoms. The number of hydrogen-bond acceptors (Lipinski definition) is 7. The zero-order valence-electron chi connectivity index (χ0n) is 15.7. The van der Waals surface area contributed by atoms with E-state index in [0.717, 1.165) is 25.7 Å². The van der Waals surface area contributed by atoms with Gasteiger partial charge in [0, 0.05) is 0 Å². The Morgan fingerprint density at radius 1 is 0.923 bits per heavy atom. The topological polar surface area (TPSA) is 99.1 Å². The van der Waals surface area contributed by atoms with E-state index in [1.54, 1.807) is 0 Å². The van der Waals surface area contributed by atoms with Crippen LogP contribution < -0.4 is 0 Å². The molecule has 0 heterocycles. The average Bonchev–Trinajstić information content (AvgIpc) is 2.42. The van der Waals surface area contributed by atoms with Crippen LogP contribution in [0.15, 0.2) is 0 Å². The van der Waals surface area contributed by atoms with Crippen molar-refractivity contribution in [2.45, 2.75) is 62.8 Å². The van der Waals surface area contributed by atoms with Crippen LogP contribution in [0.25, 0.3) is 0 Å². The Bertz CT molecular complexity index is 550. The van der Waals surface area contributed by atoms with Gasteiger partial charge in [0.15, 0.2) is 0 Å². The third-order valence-corrected chi connectivity index (χ3v) is 20.2. The maximum absolute atomic E-state index is 11.9. The van der Waals surface area contributed by atoms with E-state index in [4.69, 9.17) is 8.06 Å². The van der Waals surface area contributed by atoms with Gasteiger partial charge in [-0.1, -0.05) is 0 Å². The third-order valence-electron chi connectivity index (χ3n) is 6.31. The zero-order valence-corrected chi connectivity index (χ0v) is 19.5. The minimum absolute atomic E-state index is 0.0206. The molecule has 4 aliphatic rings. The second-order valence-electron chi connectivity index (χ2n) is 8.31. The van der Waals surface area contributed by atoms with Crippen molar-refractivity contribution in [1.82, 2.24) is 0 Å². The molecule has 0 amide bonds. The molecule has 0 spiro atoms. The molecule has 146 valence electrons. The molecule has 0 aliphatic heterocycles. The predicted molar refractivity (Wildman–Crippen MR) is 92.5 cm³/mol. The van der Waals surface area contributed by atoms with Crippen molar-refractivity contribution in [1.29, 1.82) is 0 Å². The van der Waals surface area contributed by atoms with Crippen LogP contribution >= 0.6 is 0 Å². The molecule has 1 N–H and O–H groups in total. The standard InChI is InChI=1S/C12H19O.3C2H4O2.Pb/c13-2-1-12-6-9-3-10(7-12)5-11(4-9)8-12;3*1-2(3)4;/h6,9-11,13H,1-5,7-8H2;3*1H3,(H,3,4);/q;;;;+3/p-3. The molecule has 0 radical (unpaired) electrons. The van der Waals surface area contributed by atoms with Gasteiger partial charge in [-0.3, -0.25) is 0 Å². The van der Waals surface area contributed by atoms with E-state index in [2.05, 4.69) is 0 Å². The summed E-state index contributed by atoms with van der Waals surface area (Å²) in [5.74, 6) is -0.347. The first-order chi connectivity index (χ1) is 12.2. The fraction of sp³-hybridized carbons (Fsp3) is 0.833. The number of hydrogen-bond donors (Lipinski definition) is 1. The molecule has 8 heteroatoms. The Kier molecular flexibility index (Phi) is 5.68. The SMILES string of the molecule is CC(=O)[O][Pb]([O]C(C)=O)([O]C(C)=O)[CH]1C2CC3CC(C2)CC1(CCO)C3. The van der Waals surface area contributed by atoms with Gasteiger partial charge in [0.25, 0.3) is 0 Å². The molecule has 4 bridgehead atoms. The van der Waals surface area contributed by atoms with E-state index in [0.29, 0.717) is 18.3 Å². The summed E-state index contributed by atoms with van der Waals surface area (Å²) < 4.78 is 16.8. The first-order valence-electron chi connectivity index (χ1n) is 9.39. The van der Waals surface area contributed by atoms with Crippen molar-refractivity contribution in [2.75, 3.05) is 6.61 Å². The van der Waals surface area contributed by atoms with Gasteiger partial charge in [0.05, 0.1) is 0 Å². The maximum atomic E-state index is 11.9. The minimum atomic E-state index is -5.10. The van der Waals surface area contributed by atoms with Crippen LogP contribution in [0, 0.1) is 23.2 Å². The summed E-state index contributed by atoms with van der Waals surface area (Å²) in [5, 5.41) is 9.76. The van der Waals surface area contributed by atoms with Crippen molar-refractivity contribution in [3.8, 4) is 0 Å². The normalized spacial score (nSPS) is 35.1. The molecule has 3 unspecified atom stereocenters. The molecule has 0 aromatic rings. The van der Waals surface area contributed by atoms with Crippen molar-refractivity contribution in [2.24, 2.45) is 23.2 Å². The molecule has 0 aromatic heterocycles. The molecule has 4 fully saturated rings. The van der Waals surface area contributed by atoms with Crippen molar-refractivity contribution < 1.29 is 27.6 Å². The summed E-state index contributed by atoms with van der Waals surface area (Å²) in [6.45, 7) is 3.80. The molecule has 4 saturated carbocycles. The second-order valence-corrected chi connectivity index (χ2v) is 17.8. The summed E-state index contributed by atoms with van der Waals surface area (Å²) in [6, 6.07) is 0. The number of aliphatic hydroxyl groups is 1. The average molecular weight is 564 g/mol. The first-order valence-corrected chi connectivity index (χ1v) is 16.4. The Morgan fingerprint density at radius 3 is 1.77 bits per heavy atom. The van der Waals surface area contributed by atoms with Crippen LogP contribution in [0.4, 0.5) is 0 Å². The van der Waals surface area contributed by atoms with E-state index in [9.17, 15) is 19.5 Å². The molecule has 0 saturated heterocycles. The predicted octanol–water partition coefficient (Wildman–Crippen LogP) is 2.19. The molecule has 3 atom stereocenters. The van der Waals surface area contributed by atoms with E-state index in [1.165, 1.54) is 27.2 Å². The summed E-state index contributed by atoms with van der Waals surface area (Å²) in [6.07, 6.45) is 5.56. The number of carbonyl (C=O) groups excluding carboxylic acids is 3. The number of rotatable bonds is 6. The van der Waals surface area contributed by atoms with Gasteiger partial charge in [-0.25, -0.2) is 0 Å². The Balaban J connectivity index is 2.08. The van der Waals surface area contributed by atoms with Gasteiger partial charge in [-0.05, 0) is 0 Å². The number of aliphatic hydroxyl groups excluding tert-OH is 1. The molecule has 7 nitrogen and oxygen atoms in total. The van der Waals surface area contributed by atoms with Gasteiger partial charge in [-0.15, -0.1) is 0 Å². The van der Waals surface area contributed by atoms with Crippen LogP contribution in [-0.4, -0.2) is 52.2 Å². The Hall–Kier alpha value is -0.708. The van der Waals surface area contributed by atoms with Crippen LogP contribution in [-0.2, 0) is 22.4 Å². The van der Waals surface area contributed by atoms with Crippen LogP contribution in [0.3, 0.4) is 0 Å². The van der Waals surface area contributed by atoms with Crippen molar-refractivity contribution in [3.05, 3.63) is 0 Å². The third kappa shape index (κ3) is 3.65. The molecule has 4 rings (SSSR count). The Morgan fingerprint density at radius 2 is 1.38 bits per heavy atom. The van der Waals surface area contributed by atoms with E-state index < -0.39 is 40.4 Å². The molecular weight excluding hydrogens is 535 g/mol. The molecule has 0 aromatic carbocycles. The van der Waals surface area contributed by atoms with Gasteiger partial charge < -0.3 is 0 Å². The van der Waals surface area contributed by atoms with Crippen LogP contribution in [0.2, 0.25) is 3.48 Å². The summed E-state index contributed by atoms with van der Waals surface area (Å²) >= 11 is -5.10. The fourth-order valence-corrected chi connectivity index (χ4v) is 20.6. The van der Waals surface area contributed by atoms with Crippen LogP contribution in [0.1, 0.15) is 59.3 Å². The van der Waals surface area contributed by atoms with Gasteiger partial charge in [0.2, 0.25) is 0 Å². The monoisotopic (exact) mass is 564 g/mol. The van der Waals surface area contributed by atoms with E-state index >= 15 is 0 Å². The van der Waals surface area contributed by atoms with Crippen molar-refractivity contribution >= 4 is 40.4 Å². The van der Waals surface area contributed by atoms with Crippen molar-refractivity contribution in [3.63, 3.8) is 0 Å². The Labute approximate surface area is 160 Å². The first kappa shape index (κ1) is 20.0. The summed E-state index contributed by atoms with van der Waals surface area (Å²) in [7, 11) is 0.